The Morgan fingerprint density at radius 3 is 2.51 bits per heavy atom. The summed E-state index contributed by atoms with van der Waals surface area (Å²) in [6.45, 7) is 0.502. The second kappa shape index (κ2) is 12.2. The van der Waals surface area contributed by atoms with Crippen LogP contribution >= 0.6 is 11.3 Å². The normalized spacial score (nSPS) is 24.6. The molecule has 0 bridgehead atoms. The molecule has 0 unspecified atom stereocenters. The van der Waals surface area contributed by atoms with Crippen LogP contribution in [0.3, 0.4) is 0 Å². The van der Waals surface area contributed by atoms with Gasteiger partial charge in [-0.05, 0) is 56.3 Å². The van der Waals surface area contributed by atoms with E-state index in [0.717, 1.165) is 12.5 Å². The topological polar surface area (TPSA) is 125 Å². The number of halogens is 8. The molecular formula is C34H30F8N6O3S2. The SMILES string of the molecule is N#Cc1c(N)sc2c(F)ccc(-c3c(C(F)(F)F)cc4c(N(C5CC5)[C@H]5CCS(=O)(=O)C5)nc(OC[C@@]56CCCN5C[C@H](F)C6)nc4c3C(F)(F)F)c12. The van der Waals surface area contributed by atoms with Crippen molar-refractivity contribution in [3.63, 3.8) is 0 Å². The number of rotatable bonds is 7. The van der Waals surface area contributed by atoms with E-state index in [0.29, 0.717) is 49.3 Å². The molecular weight excluding hydrogens is 757 g/mol. The molecule has 3 atom stereocenters. The lowest BCUT2D eigenvalue weighted by Crippen LogP contribution is -2.43. The fraction of sp³-hybridized carbons (Fsp3) is 0.500. The predicted octanol–water partition coefficient (Wildman–Crippen LogP) is 7.25. The van der Waals surface area contributed by atoms with Crippen LogP contribution < -0.4 is 15.4 Å². The summed E-state index contributed by atoms with van der Waals surface area (Å²) >= 11 is 0.513. The van der Waals surface area contributed by atoms with Crippen molar-refractivity contribution in [2.45, 2.75) is 74.7 Å². The van der Waals surface area contributed by atoms with Crippen LogP contribution in [0.5, 0.6) is 6.01 Å². The molecule has 53 heavy (non-hydrogen) atoms. The van der Waals surface area contributed by atoms with Gasteiger partial charge in [-0.25, -0.2) is 17.2 Å². The minimum Gasteiger partial charge on any atom is -0.461 e. The summed E-state index contributed by atoms with van der Waals surface area (Å²) in [6.07, 6.45) is -9.78. The summed E-state index contributed by atoms with van der Waals surface area (Å²) in [7, 11) is -3.57. The maximum absolute atomic E-state index is 15.6. The van der Waals surface area contributed by atoms with Crippen LogP contribution in [0.25, 0.3) is 32.1 Å². The van der Waals surface area contributed by atoms with Gasteiger partial charge in [0.05, 0.1) is 44.0 Å². The number of thiophene rings is 1. The van der Waals surface area contributed by atoms with E-state index in [1.54, 1.807) is 6.07 Å². The largest absolute Gasteiger partial charge is 0.461 e. The zero-order valence-electron chi connectivity index (χ0n) is 27.6. The Hall–Kier alpha value is -4.02. The molecule has 0 amide bonds. The molecule has 3 saturated heterocycles. The van der Waals surface area contributed by atoms with Crippen molar-refractivity contribution in [1.29, 1.82) is 5.26 Å². The number of nitrogen functional groups attached to an aromatic ring is 1. The van der Waals surface area contributed by atoms with Crippen molar-refractivity contribution >= 4 is 53.0 Å². The van der Waals surface area contributed by atoms with Crippen molar-refractivity contribution in [3.05, 3.63) is 40.7 Å². The lowest BCUT2D eigenvalue weighted by Gasteiger charge is -2.33. The van der Waals surface area contributed by atoms with E-state index in [1.807, 2.05) is 4.90 Å². The van der Waals surface area contributed by atoms with Crippen molar-refractivity contribution < 1.29 is 48.3 Å². The van der Waals surface area contributed by atoms with E-state index in [9.17, 15) is 18.1 Å². The Balaban J connectivity index is 1.44. The first-order valence-corrected chi connectivity index (χ1v) is 19.5. The third kappa shape index (κ3) is 6.10. The van der Waals surface area contributed by atoms with Crippen molar-refractivity contribution in [3.8, 4) is 23.2 Å². The number of alkyl halides is 7. The summed E-state index contributed by atoms with van der Waals surface area (Å²) in [5.74, 6) is -1.97. The highest BCUT2D eigenvalue weighted by atomic mass is 32.2. The van der Waals surface area contributed by atoms with Crippen molar-refractivity contribution in [1.82, 2.24) is 14.9 Å². The van der Waals surface area contributed by atoms with E-state index < -0.39 is 107 Å². The van der Waals surface area contributed by atoms with Crippen LogP contribution in [0, 0.1) is 17.1 Å². The van der Waals surface area contributed by atoms with Crippen LogP contribution in [0.1, 0.15) is 55.2 Å². The zero-order chi connectivity index (χ0) is 37.8. The number of nitrogens with two attached hydrogens (primary N) is 1. The number of benzene rings is 2. The number of fused-ring (bicyclic) bond motifs is 3. The third-order valence-electron chi connectivity index (χ3n) is 10.8. The molecule has 282 valence electrons. The van der Waals surface area contributed by atoms with Gasteiger partial charge in [0, 0.05) is 41.4 Å². The first-order valence-electron chi connectivity index (χ1n) is 16.9. The predicted molar refractivity (Wildman–Crippen MR) is 181 cm³/mol. The summed E-state index contributed by atoms with van der Waals surface area (Å²) in [4.78, 5) is 11.9. The molecule has 19 heteroatoms. The number of nitrogens with zero attached hydrogens (tertiary/aromatic N) is 5. The fourth-order valence-corrected chi connectivity index (χ4v) is 11.1. The minimum atomic E-state index is -5.54. The van der Waals surface area contributed by atoms with Crippen LogP contribution in [0.4, 0.5) is 45.9 Å². The third-order valence-corrected chi connectivity index (χ3v) is 13.5. The van der Waals surface area contributed by atoms with Crippen LogP contribution in [0.15, 0.2) is 18.2 Å². The molecule has 2 aromatic heterocycles. The molecule has 0 radical (unpaired) electrons. The van der Waals surface area contributed by atoms with Crippen LogP contribution in [0.2, 0.25) is 0 Å². The number of hydrogen-bond donors (Lipinski definition) is 1. The fourth-order valence-electron chi connectivity index (χ4n) is 8.42. The van der Waals surface area contributed by atoms with Crippen molar-refractivity contribution in [2.75, 3.05) is 41.8 Å². The van der Waals surface area contributed by atoms with Crippen molar-refractivity contribution in [2.24, 2.45) is 0 Å². The van der Waals surface area contributed by atoms with Gasteiger partial charge in [-0.3, -0.25) is 4.90 Å². The van der Waals surface area contributed by atoms with Gasteiger partial charge in [0.25, 0.3) is 0 Å². The highest BCUT2D eigenvalue weighted by molar-refractivity contribution is 7.91. The van der Waals surface area contributed by atoms with E-state index in [4.69, 9.17) is 10.5 Å². The van der Waals surface area contributed by atoms with Gasteiger partial charge in [0.15, 0.2) is 9.84 Å². The standard InChI is InChI=1S/C34H30F8N6O3S2/c35-16-11-32(7-1-8-47(32)13-16)15-51-31-45-27-20(30(46-31)48(17-2-3-17)18-6-9-53(49,50)14-18)10-22(33(37,38)39)25(26(27)34(40,41)42)19-4-5-23(36)28-24(19)21(12-43)29(44)52-28/h4-5,10,16-18H,1-3,6-9,11,13-15,44H2/t16-,18+,32+/m1/s1. The highest BCUT2D eigenvalue weighted by Gasteiger charge is 2.50. The van der Waals surface area contributed by atoms with Gasteiger partial charge in [-0.1, -0.05) is 6.07 Å². The average Bonchev–Trinajstić information content (AvgIpc) is 3.42. The number of aromatic nitrogens is 2. The molecule has 2 N–H and O–H groups in total. The summed E-state index contributed by atoms with van der Waals surface area (Å²) < 4.78 is 153. The number of sulfone groups is 1. The monoisotopic (exact) mass is 786 g/mol. The Bertz CT molecular complexity index is 2320. The second-order valence-corrected chi connectivity index (χ2v) is 17.5. The molecule has 5 heterocycles. The Kier molecular flexibility index (Phi) is 8.32. The molecule has 4 fully saturated rings. The van der Waals surface area contributed by atoms with E-state index in [1.165, 1.54) is 4.90 Å². The Labute approximate surface area is 301 Å². The molecule has 1 aliphatic carbocycles. The number of ether oxygens (including phenoxy) is 1. The summed E-state index contributed by atoms with van der Waals surface area (Å²) in [5.41, 5.74) is -2.07. The molecule has 4 aliphatic rings. The molecule has 4 aromatic rings. The molecule has 2 aromatic carbocycles. The highest BCUT2D eigenvalue weighted by Crippen LogP contribution is 2.53. The second-order valence-electron chi connectivity index (χ2n) is 14.2. The van der Waals surface area contributed by atoms with E-state index in [2.05, 4.69) is 9.97 Å². The molecule has 8 rings (SSSR count). The molecule has 0 spiro atoms. The van der Waals surface area contributed by atoms with E-state index >= 15 is 30.7 Å². The average molecular weight is 787 g/mol. The Morgan fingerprint density at radius 2 is 1.87 bits per heavy atom. The molecule has 9 nitrogen and oxygen atoms in total. The van der Waals surface area contributed by atoms with Gasteiger partial charge >= 0.3 is 18.4 Å². The number of hydrogen-bond acceptors (Lipinski definition) is 10. The summed E-state index contributed by atoms with van der Waals surface area (Å²) in [5, 5.41) is 8.39. The molecule has 1 saturated carbocycles. The van der Waals surface area contributed by atoms with Gasteiger partial charge < -0.3 is 15.4 Å². The van der Waals surface area contributed by atoms with Gasteiger partial charge in [-0.15, -0.1) is 11.3 Å². The minimum absolute atomic E-state index is 0.0664. The van der Waals surface area contributed by atoms with Crippen LogP contribution in [-0.4, -0.2) is 78.3 Å². The number of anilines is 2. The van der Waals surface area contributed by atoms with Crippen LogP contribution in [-0.2, 0) is 22.2 Å². The maximum atomic E-state index is 15.6. The first-order chi connectivity index (χ1) is 24.9. The van der Waals surface area contributed by atoms with Gasteiger partial charge in [-0.2, -0.15) is 41.6 Å². The van der Waals surface area contributed by atoms with Gasteiger partial charge in [0.1, 0.15) is 35.5 Å². The quantitative estimate of drug-likeness (QED) is 0.193. The van der Waals surface area contributed by atoms with Gasteiger partial charge in [0.2, 0.25) is 0 Å². The number of nitriles is 1. The lowest BCUT2D eigenvalue weighted by atomic mass is 9.88. The lowest BCUT2D eigenvalue weighted by molar-refractivity contribution is -0.141. The molecule has 3 aliphatic heterocycles. The maximum Gasteiger partial charge on any atom is 0.419 e. The first kappa shape index (κ1) is 36.0. The Morgan fingerprint density at radius 1 is 1.11 bits per heavy atom. The zero-order valence-corrected chi connectivity index (χ0v) is 29.3. The smallest absolute Gasteiger partial charge is 0.419 e. The van der Waals surface area contributed by atoms with E-state index in [-0.39, 0.29) is 48.3 Å². The summed E-state index contributed by atoms with van der Waals surface area (Å²) in [6, 6.07) is 1.79.